The minimum absolute atomic E-state index is 0.127. The molecular weight excluding hydrogens is 535 g/mol. The van der Waals surface area contributed by atoms with Crippen LogP contribution in [0.15, 0.2) is 41.2 Å². The average Bonchev–Trinajstić information content (AvgIpc) is 3.25. The number of carbonyl (C=O) groups excluding carboxylic acids is 3. The Morgan fingerprint density at radius 2 is 1.80 bits per heavy atom. The summed E-state index contributed by atoms with van der Waals surface area (Å²) in [5, 5.41) is 3.80. The van der Waals surface area contributed by atoms with Gasteiger partial charge in [0, 0.05) is 31.7 Å². The first-order valence-electron chi connectivity index (χ1n) is 12.2. The number of hydrogen-bond donors (Lipinski definition) is 1. The van der Waals surface area contributed by atoms with Crippen LogP contribution in [0.1, 0.15) is 27.8 Å². The van der Waals surface area contributed by atoms with Gasteiger partial charge in [0.05, 0.1) is 20.2 Å². The van der Waals surface area contributed by atoms with E-state index in [4.69, 9.17) is 9.57 Å². The average molecular weight is 562 g/mol. The second kappa shape index (κ2) is 11.8. The Bertz CT molecular complexity index is 1410. The summed E-state index contributed by atoms with van der Waals surface area (Å²) >= 11 is 0. The molecule has 0 amide bonds. The molecule has 4 rings (SSSR count). The maximum absolute atomic E-state index is 14.0. The number of nitrogens with zero attached hydrogens (tertiary/aromatic N) is 4. The van der Waals surface area contributed by atoms with E-state index < -0.39 is 48.0 Å². The van der Waals surface area contributed by atoms with Crippen LogP contribution in [-0.2, 0) is 20.9 Å². The van der Waals surface area contributed by atoms with E-state index in [1.54, 1.807) is 42.2 Å². The van der Waals surface area contributed by atoms with Crippen LogP contribution in [-0.4, -0.2) is 79.5 Å². The smallest absolute Gasteiger partial charge is 0.464 e. The van der Waals surface area contributed by atoms with E-state index in [1.807, 2.05) is 0 Å². The lowest BCUT2D eigenvalue weighted by molar-refractivity contribution is -0.203. The van der Waals surface area contributed by atoms with Crippen LogP contribution in [0.4, 0.5) is 24.5 Å². The summed E-state index contributed by atoms with van der Waals surface area (Å²) in [4.78, 5) is 59.8. The van der Waals surface area contributed by atoms with Crippen LogP contribution in [0.3, 0.4) is 0 Å². The predicted octanol–water partition coefficient (Wildman–Crippen LogP) is 1.38. The summed E-state index contributed by atoms with van der Waals surface area (Å²) in [7, 11) is 1.05. The molecule has 40 heavy (non-hydrogen) atoms. The van der Waals surface area contributed by atoms with Crippen molar-refractivity contribution in [2.75, 3.05) is 49.8 Å². The van der Waals surface area contributed by atoms with E-state index in [2.05, 4.69) is 17.2 Å². The van der Waals surface area contributed by atoms with Crippen molar-refractivity contribution >= 4 is 29.1 Å². The van der Waals surface area contributed by atoms with Crippen molar-refractivity contribution in [1.82, 2.24) is 14.8 Å². The summed E-state index contributed by atoms with van der Waals surface area (Å²) in [6.45, 7) is 2.48. The van der Waals surface area contributed by atoms with Crippen molar-refractivity contribution in [3.63, 3.8) is 0 Å². The summed E-state index contributed by atoms with van der Waals surface area (Å²) < 4.78 is 45.7. The number of Topliss-reactive ketones (excluding diaryl/α,β-unsaturated/α-hetero) is 1. The lowest BCUT2D eigenvalue weighted by Crippen LogP contribution is -2.61. The molecule has 212 valence electrons. The maximum Gasteiger partial charge on any atom is 0.493 e. The molecule has 2 aromatic rings. The minimum Gasteiger partial charge on any atom is -0.464 e. The Labute approximate surface area is 227 Å². The summed E-state index contributed by atoms with van der Waals surface area (Å²) in [5.74, 6) is 1.47. The number of ketones is 1. The number of pyridine rings is 1. The number of esters is 1. The highest BCUT2D eigenvalue weighted by Crippen LogP contribution is 2.40. The zero-order valence-corrected chi connectivity index (χ0v) is 21.7. The van der Waals surface area contributed by atoms with Crippen LogP contribution in [0, 0.1) is 11.8 Å². The van der Waals surface area contributed by atoms with Gasteiger partial charge in [0.15, 0.2) is 12.1 Å². The first-order chi connectivity index (χ1) is 19.1. The monoisotopic (exact) mass is 561 g/mol. The first kappa shape index (κ1) is 28.7. The van der Waals surface area contributed by atoms with E-state index in [-0.39, 0.29) is 23.5 Å². The van der Waals surface area contributed by atoms with Crippen LogP contribution >= 0.6 is 0 Å². The molecule has 3 heterocycles. The highest BCUT2D eigenvalue weighted by Gasteiger charge is 2.50. The Kier molecular flexibility index (Phi) is 8.46. The topological polar surface area (TPSA) is 113 Å². The van der Waals surface area contributed by atoms with Gasteiger partial charge in [0.1, 0.15) is 17.1 Å². The molecule has 2 aliphatic heterocycles. The van der Waals surface area contributed by atoms with Crippen molar-refractivity contribution in [1.29, 1.82) is 0 Å². The molecule has 1 aromatic heterocycles. The molecule has 11 nitrogen and oxygen atoms in total. The molecule has 0 aliphatic carbocycles. The van der Waals surface area contributed by atoms with Crippen LogP contribution < -0.4 is 20.8 Å². The van der Waals surface area contributed by atoms with Gasteiger partial charge in [-0.15, -0.1) is 5.92 Å². The minimum atomic E-state index is -5.34. The van der Waals surface area contributed by atoms with Crippen molar-refractivity contribution in [3.8, 4) is 11.8 Å². The Hall–Kier alpha value is -4.35. The van der Waals surface area contributed by atoms with E-state index in [9.17, 15) is 32.3 Å². The fraction of sp³-hybridized carbons (Fsp3) is 0.385. The molecule has 0 saturated carbocycles. The number of halogens is 3. The number of rotatable bonds is 7. The van der Waals surface area contributed by atoms with E-state index in [0.29, 0.717) is 31.2 Å². The number of fused-ring (bicyclic) bond motifs is 1. The maximum atomic E-state index is 14.0. The van der Waals surface area contributed by atoms with Crippen molar-refractivity contribution in [3.05, 3.63) is 58.0 Å². The standard InChI is InChI=1S/C26H26F3N5O6/c1-3-4-12-32-21-18(34(40-24(38)26(27,28)29)25(32)31-13-10-30-11-14-31)15-19(23(37)39-2)33(22(21)36)16-20(35)17-8-6-5-7-9-17/h5-9,15,25,30H,10-14,16H2,1-2H3. The van der Waals surface area contributed by atoms with E-state index in [0.717, 1.165) is 17.7 Å². The number of hydroxylamine groups is 1. The lowest BCUT2D eigenvalue weighted by Gasteiger charge is -2.40. The molecule has 0 bridgehead atoms. The van der Waals surface area contributed by atoms with Crippen LogP contribution in [0.5, 0.6) is 0 Å². The molecular formula is C26H26F3N5O6. The fourth-order valence-electron chi connectivity index (χ4n) is 4.54. The van der Waals surface area contributed by atoms with Crippen LogP contribution in [0.25, 0.3) is 0 Å². The van der Waals surface area contributed by atoms with Crippen molar-refractivity contribution in [2.24, 2.45) is 0 Å². The molecule has 0 spiro atoms. The first-order valence-corrected chi connectivity index (χ1v) is 12.2. The number of aromatic nitrogens is 1. The molecule has 14 heteroatoms. The molecule has 2 aliphatic rings. The molecule has 1 unspecified atom stereocenters. The zero-order chi connectivity index (χ0) is 29.0. The molecule has 1 atom stereocenters. The van der Waals surface area contributed by atoms with Gasteiger partial charge in [-0.3, -0.25) is 19.1 Å². The SMILES string of the molecule is CC#CCN1c2c(cc(C(=O)OC)n(CC(=O)c3ccccc3)c2=O)N(OC(=O)C(F)(F)F)C1N1CCNCC1. The van der Waals surface area contributed by atoms with Crippen molar-refractivity contribution < 1.29 is 37.1 Å². The van der Waals surface area contributed by atoms with E-state index in [1.165, 1.54) is 4.90 Å². The highest BCUT2D eigenvalue weighted by molar-refractivity contribution is 5.97. The normalized spacial score (nSPS) is 17.1. The Balaban J connectivity index is 1.92. The predicted molar refractivity (Wildman–Crippen MR) is 136 cm³/mol. The number of benzene rings is 1. The summed E-state index contributed by atoms with van der Waals surface area (Å²) in [6, 6.07) is 9.14. The number of carbonyl (C=O) groups is 3. The number of ether oxygens (including phenoxy) is 1. The second-order valence-electron chi connectivity index (χ2n) is 8.82. The van der Waals surface area contributed by atoms with Gasteiger partial charge in [0.25, 0.3) is 5.56 Å². The third-order valence-corrected chi connectivity index (χ3v) is 6.38. The lowest BCUT2D eigenvalue weighted by atomic mass is 10.1. The Morgan fingerprint density at radius 3 is 2.40 bits per heavy atom. The number of hydrogen-bond acceptors (Lipinski definition) is 10. The van der Waals surface area contributed by atoms with Gasteiger partial charge >= 0.3 is 18.1 Å². The van der Waals surface area contributed by atoms with Gasteiger partial charge in [-0.25, -0.2) is 9.59 Å². The zero-order valence-electron chi connectivity index (χ0n) is 21.7. The molecule has 1 saturated heterocycles. The summed E-state index contributed by atoms with van der Waals surface area (Å²) in [5.41, 5.74) is -1.46. The van der Waals surface area contributed by atoms with E-state index >= 15 is 0 Å². The van der Waals surface area contributed by atoms with Crippen LogP contribution in [0.2, 0.25) is 0 Å². The fourth-order valence-corrected chi connectivity index (χ4v) is 4.54. The third kappa shape index (κ3) is 5.65. The Morgan fingerprint density at radius 1 is 1.12 bits per heavy atom. The van der Waals surface area contributed by atoms with Gasteiger partial charge in [-0.2, -0.15) is 18.2 Å². The quantitative estimate of drug-likeness (QED) is 0.302. The van der Waals surface area contributed by atoms with Gasteiger partial charge in [0.2, 0.25) is 0 Å². The second-order valence-corrected chi connectivity index (χ2v) is 8.82. The molecule has 1 N–H and O–H groups in total. The summed E-state index contributed by atoms with van der Waals surface area (Å²) in [6.07, 6.45) is -6.53. The number of methoxy groups -OCH3 is 1. The third-order valence-electron chi connectivity index (χ3n) is 6.38. The molecule has 1 fully saturated rings. The highest BCUT2D eigenvalue weighted by atomic mass is 19.4. The molecule has 1 aromatic carbocycles. The molecule has 0 radical (unpaired) electrons. The van der Waals surface area contributed by atoms with Gasteiger partial charge < -0.3 is 19.8 Å². The number of anilines is 2. The van der Waals surface area contributed by atoms with Gasteiger partial charge in [-0.05, 0) is 13.0 Å². The van der Waals surface area contributed by atoms with Gasteiger partial charge in [-0.1, -0.05) is 36.3 Å². The van der Waals surface area contributed by atoms with Crippen molar-refractivity contribution in [2.45, 2.75) is 25.9 Å². The number of nitrogens with one attached hydrogen (secondary N) is 1. The number of piperazine rings is 1. The largest absolute Gasteiger partial charge is 0.493 e. The number of alkyl halides is 3.